The monoisotopic (exact) mass is 321 g/mol. The maximum Gasteiger partial charge on any atom is 0.243 e. The summed E-state index contributed by atoms with van der Waals surface area (Å²) in [5.41, 5.74) is 1.08. The van der Waals surface area contributed by atoms with Gasteiger partial charge in [0.05, 0.1) is 4.90 Å². The highest BCUT2D eigenvalue weighted by molar-refractivity contribution is 7.89. The van der Waals surface area contributed by atoms with E-state index in [-0.39, 0.29) is 0 Å². The summed E-state index contributed by atoms with van der Waals surface area (Å²) in [6, 6.07) is 7.14. The van der Waals surface area contributed by atoms with Crippen molar-refractivity contribution in [2.75, 3.05) is 13.1 Å². The van der Waals surface area contributed by atoms with Gasteiger partial charge in [-0.1, -0.05) is 30.7 Å². The zero-order chi connectivity index (χ0) is 16.2. The average Bonchev–Trinajstić information content (AvgIpc) is 2.53. The van der Waals surface area contributed by atoms with E-state index >= 15 is 0 Å². The summed E-state index contributed by atoms with van der Waals surface area (Å²) < 4.78 is 26.9. The van der Waals surface area contributed by atoms with Gasteiger partial charge in [-0.25, -0.2) is 8.42 Å². The quantitative estimate of drug-likeness (QED) is 0.743. The van der Waals surface area contributed by atoms with Gasteiger partial charge in [-0.05, 0) is 56.6 Å². The molecule has 0 aliphatic carbocycles. The summed E-state index contributed by atoms with van der Waals surface area (Å²) in [6.45, 7) is 9.25. The molecule has 1 aromatic carbocycles. The molecule has 3 nitrogen and oxygen atoms in total. The van der Waals surface area contributed by atoms with Crippen LogP contribution in [0.4, 0.5) is 0 Å². The van der Waals surface area contributed by atoms with Gasteiger partial charge in [0.1, 0.15) is 0 Å². The Morgan fingerprint density at radius 3 is 2.41 bits per heavy atom. The molecule has 1 aromatic rings. The summed E-state index contributed by atoms with van der Waals surface area (Å²) in [5.74, 6) is 1.20. The van der Waals surface area contributed by atoms with E-state index in [1.54, 1.807) is 16.4 Å². The summed E-state index contributed by atoms with van der Waals surface area (Å²) in [6.07, 6.45) is 6.26. The van der Waals surface area contributed by atoms with Gasteiger partial charge < -0.3 is 0 Å². The van der Waals surface area contributed by atoms with Gasteiger partial charge in [0.25, 0.3) is 0 Å². The van der Waals surface area contributed by atoms with E-state index in [0.717, 1.165) is 24.8 Å². The van der Waals surface area contributed by atoms with E-state index in [2.05, 4.69) is 13.5 Å². The Kier molecular flexibility index (Phi) is 5.81. The molecule has 1 heterocycles. The van der Waals surface area contributed by atoms with Crippen molar-refractivity contribution in [3.8, 4) is 0 Å². The Balaban J connectivity index is 1.93. The van der Waals surface area contributed by atoms with E-state index in [4.69, 9.17) is 0 Å². The standard InChI is InChI=1S/C18H27NO2S/c1-4-15(2)5-8-17-11-13-19(14-12-17)22(20,21)18-9-6-16(3)7-10-18/h4,6-7,9-10,15,17H,1,5,8,11-14H2,2-3H3. The van der Waals surface area contributed by atoms with Gasteiger partial charge in [-0.15, -0.1) is 6.58 Å². The minimum Gasteiger partial charge on any atom is -0.207 e. The molecule has 122 valence electrons. The lowest BCUT2D eigenvalue weighted by Gasteiger charge is -2.31. The minimum atomic E-state index is -3.32. The molecule has 1 saturated heterocycles. The molecule has 0 radical (unpaired) electrons. The van der Waals surface area contributed by atoms with Gasteiger partial charge in [-0.2, -0.15) is 4.31 Å². The number of hydrogen-bond acceptors (Lipinski definition) is 2. The molecular formula is C18H27NO2S. The second-order valence-corrected chi connectivity index (χ2v) is 8.39. The van der Waals surface area contributed by atoms with Crippen molar-refractivity contribution in [3.63, 3.8) is 0 Å². The predicted octanol–water partition coefficient (Wildman–Crippen LogP) is 4.00. The number of piperidine rings is 1. The fourth-order valence-electron chi connectivity index (χ4n) is 2.91. The first-order chi connectivity index (χ1) is 10.4. The third-order valence-corrected chi connectivity index (χ3v) is 6.58. The summed E-state index contributed by atoms with van der Waals surface area (Å²) in [4.78, 5) is 0.414. The molecule has 1 aliphatic heterocycles. The molecule has 1 fully saturated rings. The van der Waals surface area contributed by atoms with E-state index in [1.165, 1.54) is 6.42 Å². The van der Waals surface area contributed by atoms with Crippen LogP contribution in [0.25, 0.3) is 0 Å². The Bertz CT molecular complexity index is 584. The van der Waals surface area contributed by atoms with Crippen molar-refractivity contribution in [1.82, 2.24) is 4.31 Å². The van der Waals surface area contributed by atoms with Crippen LogP contribution >= 0.6 is 0 Å². The largest absolute Gasteiger partial charge is 0.243 e. The van der Waals surface area contributed by atoms with Gasteiger partial charge >= 0.3 is 0 Å². The van der Waals surface area contributed by atoms with Crippen LogP contribution in [0.15, 0.2) is 41.8 Å². The number of rotatable bonds is 6. The average molecular weight is 321 g/mol. The topological polar surface area (TPSA) is 37.4 Å². The first kappa shape index (κ1) is 17.2. The van der Waals surface area contributed by atoms with Crippen LogP contribution in [0.3, 0.4) is 0 Å². The van der Waals surface area contributed by atoms with Crippen LogP contribution in [0.2, 0.25) is 0 Å². The number of hydrogen-bond donors (Lipinski definition) is 0. The lowest BCUT2D eigenvalue weighted by atomic mass is 9.90. The SMILES string of the molecule is C=CC(C)CCC1CCN(S(=O)(=O)c2ccc(C)cc2)CC1. The second kappa shape index (κ2) is 7.42. The molecule has 2 rings (SSSR count). The predicted molar refractivity (Wildman–Crippen MR) is 91.3 cm³/mol. The van der Waals surface area contributed by atoms with Crippen molar-refractivity contribution in [2.24, 2.45) is 11.8 Å². The maximum atomic E-state index is 12.6. The molecular weight excluding hydrogens is 294 g/mol. The van der Waals surface area contributed by atoms with E-state index in [0.29, 0.717) is 29.8 Å². The molecule has 1 aliphatic rings. The highest BCUT2D eigenvalue weighted by atomic mass is 32.2. The summed E-state index contributed by atoms with van der Waals surface area (Å²) >= 11 is 0. The number of aryl methyl sites for hydroxylation is 1. The molecule has 1 unspecified atom stereocenters. The van der Waals surface area contributed by atoms with Crippen molar-refractivity contribution >= 4 is 10.0 Å². The Labute approximate surface area is 135 Å². The van der Waals surface area contributed by atoms with Crippen LogP contribution in [0, 0.1) is 18.8 Å². The second-order valence-electron chi connectivity index (χ2n) is 6.45. The summed E-state index contributed by atoms with van der Waals surface area (Å²) in [7, 11) is -3.32. The highest BCUT2D eigenvalue weighted by Crippen LogP contribution is 2.27. The Morgan fingerprint density at radius 2 is 1.86 bits per heavy atom. The molecule has 0 bridgehead atoms. The smallest absolute Gasteiger partial charge is 0.207 e. The molecule has 22 heavy (non-hydrogen) atoms. The molecule has 0 N–H and O–H groups in total. The zero-order valence-electron chi connectivity index (χ0n) is 13.7. The lowest BCUT2D eigenvalue weighted by Crippen LogP contribution is -2.38. The van der Waals surface area contributed by atoms with Crippen LogP contribution in [0.1, 0.15) is 38.2 Å². The number of allylic oxidation sites excluding steroid dienone is 1. The van der Waals surface area contributed by atoms with Crippen molar-refractivity contribution < 1.29 is 8.42 Å². The van der Waals surface area contributed by atoms with Crippen LogP contribution < -0.4 is 0 Å². The number of benzene rings is 1. The fourth-order valence-corrected chi connectivity index (χ4v) is 4.38. The fraction of sp³-hybridized carbons (Fsp3) is 0.556. The third kappa shape index (κ3) is 4.20. The molecule has 0 amide bonds. The molecule has 0 aromatic heterocycles. The Hall–Kier alpha value is -1.13. The highest BCUT2D eigenvalue weighted by Gasteiger charge is 2.29. The first-order valence-corrected chi connectivity index (χ1v) is 9.57. The van der Waals surface area contributed by atoms with Crippen LogP contribution in [0.5, 0.6) is 0 Å². The molecule has 1 atom stereocenters. The maximum absolute atomic E-state index is 12.6. The lowest BCUT2D eigenvalue weighted by molar-refractivity contribution is 0.256. The van der Waals surface area contributed by atoms with E-state index in [9.17, 15) is 8.42 Å². The number of sulfonamides is 1. The number of nitrogens with zero attached hydrogens (tertiary/aromatic N) is 1. The van der Waals surface area contributed by atoms with Gasteiger partial charge in [-0.3, -0.25) is 0 Å². The van der Waals surface area contributed by atoms with Crippen LogP contribution in [-0.4, -0.2) is 25.8 Å². The van der Waals surface area contributed by atoms with Crippen LogP contribution in [-0.2, 0) is 10.0 Å². The Morgan fingerprint density at radius 1 is 1.27 bits per heavy atom. The third-order valence-electron chi connectivity index (χ3n) is 4.66. The van der Waals surface area contributed by atoms with Crippen molar-refractivity contribution in [1.29, 1.82) is 0 Å². The zero-order valence-corrected chi connectivity index (χ0v) is 14.5. The van der Waals surface area contributed by atoms with Gasteiger partial charge in [0, 0.05) is 13.1 Å². The first-order valence-electron chi connectivity index (χ1n) is 8.13. The van der Waals surface area contributed by atoms with E-state index in [1.807, 2.05) is 25.1 Å². The molecule has 0 saturated carbocycles. The van der Waals surface area contributed by atoms with Gasteiger partial charge in [0.15, 0.2) is 0 Å². The van der Waals surface area contributed by atoms with Crippen molar-refractivity contribution in [2.45, 2.75) is 44.4 Å². The summed E-state index contributed by atoms with van der Waals surface area (Å²) in [5, 5.41) is 0. The van der Waals surface area contributed by atoms with Crippen molar-refractivity contribution in [3.05, 3.63) is 42.5 Å². The molecule has 0 spiro atoms. The molecule has 4 heteroatoms. The van der Waals surface area contributed by atoms with Gasteiger partial charge in [0.2, 0.25) is 10.0 Å². The normalized spacial score (nSPS) is 19.0. The minimum absolute atomic E-state index is 0.414. The van der Waals surface area contributed by atoms with E-state index < -0.39 is 10.0 Å².